The summed E-state index contributed by atoms with van der Waals surface area (Å²) in [5.41, 5.74) is 1.33. The van der Waals surface area contributed by atoms with Crippen molar-refractivity contribution in [3.05, 3.63) is 30.0 Å². The summed E-state index contributed by atoms with van der Waals surface area (Å²) >= 11 is 0. The Morgan fingerprint density at radius 2 is 2.29 bits per heavy atom. The molecule has 0 spiro atoms. The lowest BCUT2D eigenvalue weighted by Gasteiger charge is -2.37. The average molecular weight is 290 g/mol. The van der Waals surface area contributed by atoms with Crippen molar-refractivity contribution in [2.24, 2.45) is 0 Å². The highest BCUT2D eigenvalue weighted by molar-refractivity contribution is 5.86. The number of aliphatic hydroxyl groups excluding tert-OH is 1. The first kappa shape index (κ1) is 14.0. The molecule has 1 N–H and O–H groups in total. The van der Waals surface area contributed by atoms with Crippen LogP contribution in [-0.2, 0) is 16.0 Å². The third-order valence-electron chi connectivity index (χ3n) is 3.80. The molecule has 6 nitrogen and oxygen atoms in total. The zero-order chi connectivity index (χ0) is 14.8. The van der Waals surface area contributed by atoms with E-state index in [0.29, 0.717) is 24.4 Å². The first-order valence-electron chi connectivity index (χ1n) is 7.04. The van der Waals surface area contributed by atoms with Crippen LogP contribution >= 0.6 is 0 Å². The number of carbonyl (C=O) groups excluding carboxylic acids is 1. The summed E-state index contributed by atoms with van der Waals surface area (Å²) in [5, 5.41) is 14.0. The number of hydrogen-bond acceptors (Lipinski definition) is 5. The molecule has 3 rings (SSSR count). The molecule has 1 aliphatic rings. The van der Waals surface area contributed by atoms with Gasteiger partial charge in [0.2, 0.25) is 5.91 Å². The Morgan fingerprint density at radius 1 is 1.48 bits per heavy atom. The molecule has 2 aromatic rings. The van der Waals surface area contributed by atoms with Gasteiger partial charge in [0.15, 0.2) is 5.58 Å². The highest BCUT2D eigenvalue weighted by atomic mass is 16.5. The minimum absolute atomic E-state index is 0.00142. The lowest BCUT2D eigenvalue weighted by molar-refractivity contribution is -0.145. The van der Waals surface area contributed by atoms with Crippen LogP contribution in [0.2, 0.25) is 0 Å². The number of ether oxygens (including phenoxy) is 1. The SMILES string of the molecule is CC1COC(CO)CN1C(=O)Cc1noc2ccccc12. The highest BCUT2D eigenvalue weighted by Crippen LogP contribution is 2.20. The molecule has 1 aromatic carbocycles. The molecule has 0 saturated carbocycles. The maximum atomic E-state index is 12.5. The van der Waals surface area contributed by atoms with Crippen LogP contribution in [-0.4, -0.2) is 53.0 Å². The molecule has 1 fully saturated rings. The van der Waals surface area contributed by atoms with E-state index in [2.05, 4.69) is 5.16 Å². The second-order valence-electron chi connectivity index (χ2n) is 5.34. The van der Waals surface area contributed by atoms with E-state index >= 15 is 0 Å². The van der Waals surface area contributed by atoms with Crippen molar-refractivity contribution >= 4 is 16.9 Å². The van der Waals surface area contributed by atoms with Crippen LogP contribution in [0.1, 0.15) is 12.6 Å². The van der Waals surface area contributed by atoms with Crippen molar-refractivity contribution in [1.29, 1.82) is 0 Å². The van der Waals surface area contributed by atoms with E-state index in [9.17, 15) is 9.90 Å². The van der Waals surface area contributed by atoms with E-state index in [1.807, 2.05) is 31.2 Å². The number of rotatable bonds is 3. The molecule has 1 amide bonds. The van der Waals surface area contributed by atoms with Crippen LogP contribution in [0.5, 0.6) is 0 Å². The fourth-order valence-corrected chi connectivity index (χ4v) is 2.59. The maximum absolute atomic E-state index is 12.5. The number of benzene rings is 1. The number of nitrogens with zero attached hydrogens (tertiary/aromatic N) is 2. The van der Waals surface area contributed by atoms with Crippen LogP contribution in [0.15, 0.2) is 28.8 Å². The number of aromatic nitrogens is 1. The summed E-state index contributed by atoms with van der Waals surface area (Å²) in [5.74, 6) is -0.0247. The largest absolute Gasteiger partial charge is 0.394 e. The van der Waals surface area contributed by atoms with Gasteiger partial charge in [-0.3, -0.25) is 4.79 Å². The Kier molecular flexibility index (Phi) is 3.90. The average Bonchev–Trinajstić information content (AvgIpc) is 2.91. The molecule has 21 heavy (non-hydrogen) atoms. The Balaban J connectivity index is 1.76. The van der Waals surface area contributed by atoms with Gasteiger partial charge in [0, 0.05) is 11.9 Å². The molecule has 112 valence electrons. The Morgan fingerprint density at radius 3 is 3.10 bits per heavy atom. The van der Waals surface area contributed by atoms with Gasteiger partial charge in [-0.25, -0.2) is 0 Å². The predicted octanol–water partition coefficient (Wildman–Crippen LogP) is 0.978. The van der Waals surface area contributed by atoms with Crippen molar-refractivity contribution in [3.63, 3.8) is 0 Å². The number of hydrogen-bond donors (Lipinski definition) is 1. The number of morpholine rings is 1. The van der Waals surface area contributed by atoms with Gasteiger partial charge in [0.05, 0.1) is 31.8 Å². The number of carbonyl (C=O) groups is 1. The summed E-state index contributed by atoms with van der Waals surface area (Å²) in [4.78, 5) is 14.2. The molecule has 2 atom stereocenters. The number of para-hydroxylation sites is 1. The normalized spacial score (nSPS) is 22.7. The minimum atomic E-state index is -0.306. The number of aliphatic hydroxyl groups is 1. The van der Waals surface area contributed by atoms with E-state index in [4.69, 9.17) is 9.26 Å². The van der Waals surface area contributed by atoms with Gasteiger partial charge >= 0.3 is 0 Å². The number of amides is 1. The molecule has 0 bridgehead atoms. The molecule has 6 heteroatoms. The third kappa shape index (κ3) is 2.77. The topological polar surface area (TPSA) is 75.8 Å². The molecule has 2 heterocycles. The van der Waals surface area contributed by atoms with Crippen molar-refractivity contribution in [3.8, 4) is 0 Å². The van der Waals surface area contributed by atoms with Crippen LogP contribution in [0.3, 0.4) is 0 Å². The molecule has 0 radical (unpaired) electrons. The molecule has 1 aliphatic heterocycles. The second kappa shape index (κ2) is 5.83. The lowest BCUT2D eigenvalue weighted by Crippen LogP contribution is -2.52. The fraction of sp³-hybridized carbons (Fsp3) is 0.467. The zero-order valence-corrected chi connectivity index (χ0v) is 11.9. The highest BCUT2D eigenvalue weighted by Gasteiger charge is 2.29. The van der Waals surface area contributed by atoms with E-state index < -0.39 is 0 Å². The summed E-state index contributed by atoms with van der Waals surface area (Å²) < 4.78 is 10.7. The van der Waals surface area contributed by atoms with Gasteiger partial charge in [0.1, 0.15) is 5.69 Å². The standard InChI is InChI=1S/C15H18N2O4/c1-10-9-20-11(8-18)7-17(10)15(19)6-13-12-4-2-3-5-14(12)21-16-13/h2-5,10-11,18H,6-9H2,1H3. The minimum Gasteiger partial charge on any atom is -0.394 e. The van der Waals surface area contributed by atoms with Gasteiger partial charge in [-0.15, -0.1) is 0 Å². The Bertz CT molecular complexity index is 639. The maximum Gasteiger partial charge on any atom is 0.229 e. The van der Waals surface area contributed by atoms with Crippen molar-refractivity contribution in [1.82, 2.24) is 10.1 Å². The second-order valence-corrected chi connectivity index (χ2v) is 5.34. The fourth-order valence-electron chi connectivity index (χ4n) is 2.59. The first-order chi connectivity index (χ1) is 10.2. The summed E-state index contributed by atoms with van der Waals surface area (Å²) in [6.07, 6.45) is -0.112. The van der Waals surface area contributed by atoms with Crippen LogP contribution < -0.4 is 0 Å². The van der Waals surface area contributed by atoms with Crippen molar-refractivity contribution < 1.29 is 19.2 Å². The molecule has 2 unspecified atom stereocenters. The van der Waals surface area contributed by atoms with E-state index in [0.717, 1.165) is 5.39 Å². The van der Waals surface area contributed by atoms with Gasteiger partial charge in [-0.2, -0.15) is 0 Å². The predicted molar refractivity (Wildman–Crippen MR) is 75.7 cm³/mol. The molecule has 1 aromatic heterocycles. The van der Waals surface area contributed by atoms with Crippen LogP contribution in [0.4, 0.5) is 0 Å². The van der Waals surface area contributed by atoms with Gasteiger partial charge in [-0.05, 0) is 19.1 Å². The Hall–Kier alpha value is -1.92. The monoisotopic (exact) mass is 290 g/mol. The summed E-state index contributed by atoms with van der Waals surface area (Å²) in [7, 11) is 0. The Labute approximate surface area is 122 Å². The molecule has 0 aliphatic carbocycles. The van der Waals surface area contributed by atoms with Crippen LogP contribution in [0, 0.1) is 0 Å². The van der Waals surface area contributed by atoms with Gasteiger partial charge < -0.3 is 19.3 Å². The summed E-state index contributed by atoms with van der Waals surface area (Å²) in [6, 6.07) is 7.49. The van der Waals surface area contributed by atoms with Gasteiger partial charge in [-0.1, -0.05) is 17.3 Å². The van der Waals surface area contributed by atoms with Gasteiger partial charge in [0.25, 0.3) is 0 Å². The van der Waals surface area contributed by atoms with E-state index in [1.54, 1.807) is 4.90 Å². The molecule has 1 saturated heterocycles. The third-order valence-corrected chi connectivity index (χ3v) is 3.80. The van der Waals surface area contributed by atoms with E-state index in [1.165, 1.54) is 0 Å². The zero-order valence-electron chi connectivity index (χ0n) is 11.9. The smallest absolute Gasteiger partial charge is 0.229 e. The van der Waals surface area contributed by atoms with Crippen molar-refractivity contribution in [2.75, 3.05) is 19.8 Å². The summed E-state index contributed by atoms with van der Waals surface area (Å²) in [6.45, 7) is 2.71. The van der Waals surface area contributed by atoms with Crippen LogP contribution in [0.25, 0.3) is 11.0 Å². The van der Waals surface area contributed by atoms with E-state index in [-0.39, 0.29) is 31.1 Å². The molecular weight excluding hydrogens is 272 g/mol. The number of fused-ring (bicyclic) bond motifs is 1. The molecular formula is C15H18N2O4. The first-order valence-corrected chi connectivity index (χ1v) is 7.04. The quantitative estimate of drug-likeness (QED) is 0.912. The lowest BCUT2D eigenvalue weighted by atomic mass is 10.1. The van der Waals surface area contributed by atoms with Crippen molar-refractivity contribution in [2.45, 2.75) is 25.5 Å².